The van der Waals surface area contributed by atoms with E-state index in [-0.39, 0.29) is 22.4 Å². The van der Waals surface area contributed by atoms with Gasteiger partial charge >= 0.3 is 0 Å². The molecule has 3 aromatic rings. The van der Waals surface area contributed by atoms with Crippen molar-refractivity contribution in [2.75, 3.05) is 10.7 Å². The number of rotatable bonds is 5. The van der Waals surface area contributed by atoms with E-state index in [0.717, 1.165) is 22.1 Å². The lowest BCUT2D eigenvalue weighted by Crippen LogP contribution is -2.27. The Balaban J connectivity index is 1.69. The van der Waals surface area contributed by atoms with Crippen LogP contribution in [0.3, 0.4) is 0 Å². The summed E-state index contributed by atoms with van der Waals surface area (Å²) in [5, 5.41) is 9.69. The van der Waals surface area contributed by atoms with Crippen LogP contribution in [-0.4, -0.2) is 19.3 Å². The van der Waals surface area contributed by atoms with Gasteiger partial charge in [-0.05, 0) is 66.4 Å². The lowest BCUT2D eigenvalue weighted by atomic mass is 9.87. The molecule has 1 atom stereocenters. The molecule has 1 aliphatic rings. The number of benzene rings is 3. The summed E-state index contributed by atoms with van der Waals surface area (Å²) in [5.74, 6) is -0.0208. The average Bonchev–Trinajstić information content (AvgIpc) is 2.75. The van der Waals surface area contributed by atoms with E-state index < -0.39 is 9.84 Å². The third-order valence-electron chi connectivity index (χ3n) is 5.68. The highest BCUT2D eigenvalue weighted by molar-refractivity contribution is 9.10. The number of halogens is 1. The minimum absolute atomic E-state index is 0.0926. The van der Waals surface area contributed by atoms with Crippen LogP contribution >= 0.6 is 15.9 Å². The summed E-state index contributed by atoms with van der Waals surface area (Å²) in [4.78, 5) is 2.38. The van der Waals surface area contributed by atoms with Crippen LogP contribution in [0.15, 0.2) is 82.3 Å². The molecule has 4 rings (SSSR count). The van der Waals surface area contributed by atoms with Crippen molar-refractivity contribution >= 4 is 31.5 Å². The van der Waals surface area contributed by atoms with E-state index in [2.05, 4.69) is 52.0 Å². The van der Waals surface area contributed by atoms with Crippen molar-refractivity contribution in [2.45, 2.75) is 31.2 Å². The first-order valence-electron chi connectivity index (χ1n) is 10.2. The van der Waals surface area contributed by atoms with Gasteiger partial charge in [0, 0.05) is 21.9 Å². The second kappa shape index (κ2) is 8.52. The van der Waals surface area contributed by atoms with Gasteiger partial charge in [0.05, 0.1) is 16.7 Å². The molecule has 0 aromatic heterocycles. The first kappa shape index (κ1) is 21.7. The number of phenolic OH excluding ortho intramolecular Hbond substituents is 1. The Kier molecular flexibility index (Phi) is 5.95. The van der Waals surface area contributed by atoms with Crippen molar-refractivity contribution in [2.24, 2.45) is 0 Å². The Morgan fingerprint density at radius 2 is 1.84 bits per heavy atom. The normalized spacial score (nSPS) is 15.7. The number of phenols is 1. The second-order valence-electron chi connectivity index (χ2n) is 7.69. The Morgan fingerprint density at radius 3 is 2.58 bits per heavy atom. The van der Waals surface area contributed by atoms with Crippen molar-refractivity contribution in [1.82, 2.24) is 0 Å². The van der Waals surface area contributed by atoms with Crippen LogP contribution in [0.1, 0.15) is 30.5 Å². The standard InChI is InChI=1S/C25H24BrNO3S/c1-3-23-21-8-5-4-7-20(21)22-16-18(26)9-11-24(22)27(23)13-6-14-31(29,30)19-10-12-25(28)17(2)15-19/h4-13,15-16,23,28H,3,14H2,1-2H3. The fraction of sp³-hybridized carbons (Fsp3) is 0.200. The Labute approximate surface area is 191 Å². The summed E-state index contributed by atoms with van der Waals surface area (Å²) < 4.78 is 26.6. The summed E-state index contributed by atoms with van der Waals surface area (Å²) >= 11 is 3.58. The van der Waals surface area contributed by atoms with Crippen molar-refractivity contribution in [3.8, 4) is 16.9 Å². The van der Waals surface area contributed by atoms with Crippen LogP contribution in [0.5, 0.6) is 5.75 Å². The summed E-state index contributed by atoms with van der Waals surface area (Å²) in [6.07, 6.45) is 4.49. The Morgan fingerprint density at radius 1 is 1.06 bits per heavy atom. The predicted molar refractivity (Wildman–Crippen MR) is 129 cm³/mol. The van der Waals surface area contributed by atoms with Gasteiger partial charge in [0.2, 0.25) is 0 Å². The molecule has 0 saturated carbocycles. The molecule has 31 heavy (non-hydrogen) atoms. The number of aryl methyl sites for hydroxylation is 1. The number of hydrogen-bond donors (Lipinski definition) is 1. The summed E-state index contributed by atoms with van der Waals surface area (Å²) in [6, 6.07) is 19.1. The zero-order valence-electron chi connectivity index (χ0n) is 17.4. The maximum absolute atomic E-state index is 12.8. The summed E-state index contributed by atoms with van der Waals surface area (Å²) in [6.45, 7) is 3.83. The zero-order chi connectivity index (χ0) is 22.2. The molecule has 0 spiro atoms. The highest BCUT2D eigenvalue weighted by Gasteiger charge is 2.28. The largest absolute Gasteiger partial charge is 0.508 e. The van der Waals surface area contributed by atoms with Gasteiger partial charge in [-0.15, -0.1) is 0 Å². The molecule has 0 fully saturated rings. The highest BCUT2D eigenvalue weighted by atomic mass is 79.9. The molecule has 160 valence electrons. The van der Waals surface area contributed by atoms with Crippen molar-refractivity contribution in [3.05, 3.63) is 88.5 Å². The van der Waals surface area contributed by atoms with Crippen LogP contribution in [0.2, 0.25) is 0 Å². The molecule has 1 unspecified atom stereocenters. The maximum Gasteiger partial charge on any atom is 0.181 e. The number of nitrogens with zero attached hydrogens (tertiary/aromatic N) is 1. The SMILES string of the molecule is CCC1c2ccccc2-c2cc(Br)ccc2N1C=CCS(=O)(=O)c1ccc(O)c(C)c1. The smallest absolute Gasteiger partial charge is 0.181 e. The van der Waals surface area contributed by atoms with Gasteiger partial charge in [0.25, 0.3) is 0 Å². The van der Waals surface area contributed by atoms with E-state index in [0.29, 0.717) is 5.56 Å². The van der Waals surface area contributed by atoms with Crippen molar-refractivity contribution < 1.29 is 13.5 Å². The van der Waals surface area contributed by atoms with E-state index in [1.807, 2.05) is 24.4 Å². The molecule has 1 aliphatic heterocycles. The van der Waals surface area contributed by atoms with E-state index >= 15 is 0 Å². The number of hydrogen-bond acceptors (Lipinski definition) is 4. The first-order valence-corrected chi connectivity index (χ1v) is 12.6. The average molecular weight is 498 g/mol. The summed E-state index contributed by atoms with van der Waals surface area (Å²) in [5.41, 5.74) is 5.17. The minimum atomic E-state index is -3.50. The monoisotopic (exact) mass is 497 g/mol. The van der Waals surface area contributed by atoms with Gasteiger partial charge in [-0.3, -0.25) is 0 Å². The van der Waals surface area contributed by atoms with Crippen molar-refractivity contribution in [1.29, 1.82) is 0 Å². The van der Waals surface area contributed by atoms with Gasteiger partial charge in [-0.2, -0.15) is 0 Å². The maximum atomic E-state index is 12.8. The molecular weight excluding hydrogens is 474 g/mol. The van der Waals surface area contributed by atoms with Gasteiger partial charge in [0.1, 0.15) is 5.75 Å². The topological polar surface area (TPSA) is 57.6 Å². The highest BCUT2D eigenvalue weighted by Crippen LogP contribution is 2.46. The molecule has 0 radical (unpaired) electrons. The minimum Gasteiger partial charge on any atom is -0.508 e. The van der Waals surface area contributed by atoms with Gasteiger partial charge in [-0.1, -0.05) is 53.2 Å². The van der Waals surface area contributed by atoms with Gasteiger partial charge in [0.15, 0.2) is 9.84 Å². The number of sulfone groups is 1. The van der Waals surface area contributed by atoms with Crippen molar-refractivity contribution in [3.63, 3.8) is 0 Å². The molecule has 3 aromatic carbocycles. The summed E-state index contributed by atoms with van der Waals surface area (Å²) in [7, 11) is -3.50. The zero-order valence-corrected chi connectivity index (χ0v) is 19.8. The fourth-order valence-corrected chi connectivity index (χ4v) is 5.63. The quantitative estimate of drug-likeness (QED) is 0.443. The van der Waals surface area contributed by atoms with Gasteiger partial charge < -0.3 is 10.0 Å². The van der Waals surface area contributed by atoms with E-state index in [4.69, 9.17) is 0 Å². The molecule has 6 heteroatoms. The molecular formula is C25H24BrNO3S. The molecule has 1 heterocycles. The van der Waals surface area contributed by atoms with E-state index in [1.165, 1.54) is 29.3 Å². The third kappa shape index (κ3) is 4.14. The van der Waals surface area contributed by atoms with E-state index in [1.54, 1.807) is 13.0 Å². The Hall–Kier alpha value is -2.57. The molecule has 4 nitrogen and oxygen atoms in total. The predicted octanol–water partition coefficient (Wildman–Crippen LogP) is 6.39. The lowest BCUT2D eigenvalue weighted by molar-refractivity contribution is 0.470. The molecule has 0 bridgehead atoms. The van der Waals surface area contributed by atoms with Crippen LogP contribution in [0.4, 0.5) is 5.69 Å². The van der Waals surface area contributed by atoms with Crippen LogP contribution < -0.4 is 4.90 Å². The Bertz CT molecular complexity index is 1270. The number of aromatic hydroxyl groups is 1. The fourth-order valence-electron chi connectivity index (χ4n) is 4.10. The third-order valence-corrected chi connectivity index (χ3v) is 7.77. The van der Waals surface area contributed by atoms with Gasteiger partial charge in [-0.25, -0.2) is 8.42 Å². The number of anilines is 1. The molecule has 0 aliphatic carbocycles. The number of fused-ring (bicyclic) bond motifs is 3. The second-order valence-corrected chi connectivity index (χ2v) is 10.6. The molecule has 0 amide bonds. The molecule has 1 N–H and O–H groups in total. The molecule has 0 saturated heterocycles. The van der Waals surface area contributed by atoms with E-state index in [9.17, 15) is 13.5 Å². The lowest BCUT2D eigenvalue weighted by Gasteiger charge is -2.38. The first-order chi connectivity index (χ1) is 14.8. The van der Waals surface area contributed by atoms with Crippen LogP contribution in [0, 0.1) is 6.92 Å². The van der Waals surface area contributed by atoms with Crippen LogP contribution in [0.25, 0.3) is 11.1 Å². The van der Waals surface area contributed by atoms with Crippen LogP contribution in [-0.2, 0) is 9.84 Å².